The Balaban J connectivity index is 1.06. The monoisotopic (exact) mass is 825 g/mol. The van der Waals surface area contributed by atoms with Crippen LogP contribution in [0.25, 0.3) is 88.0 Å². The van der Waals surface area contributed by atoms with Gasteiger partial charge in [0.15, 0.2) is 0 Å². The predicted octanol–water partition coefficient (Wildman–Crippen LogP) is 17.0. The molecule has 1 spiro atoms. The summed E-state index contributed by atoms with van der Waals surface area (Å²) in [5.41, 5.74) is 19.8. The van der Waals surface area contributed by atoms with E-state index in [0.29, 0.717) is 0 Å². The van der Waals surface area contributed by atoms with E-state index < -0.39 is 5.41 Å². The Bertz CT molecular complexity index is 3860. The van der Waals surface area contributed by atoms with Crippen molar-refractivity contribution in [3.8, 4) is 44.5 Å². The molecule has 0 atom stereocenters. The summed E-state index contributed by atoms with van der Waals surface area (Å²) in [5.74, 6) is 0. The first-order chi connectivity index (χ1) is 32.3. The minimum absolute atomic E-state index is 0.470. The Kier molecular flexibility index (Phi) is 7.64. The lowest BCUT2D eigenvalue weighted by Gasteiger charge is -2.33. The van der Waals surface area contributed by atoms with E-state index in [9.17, 15) is 0 Å². The number of hydrogen-bond acceptors (Lipinski definition) is 2. The fourth-order valence-electron chi connectivity index (χ4n) is 11.6. The number of fused-ring (bicyclic) bond motifs is 15. The molecule has 0 amide bonds. The summed E-state index contributed by atoms with van der Waals surface area (Å²) >= 11 is 0. The Morgan fingerprint density at radius 2 is 0.831 bits per heavy atom. The number of benzene rings is 11. The molecule has 0 bridgehead atoms. The smallest absolute Gasteiger partial charge is 0.135 e. The molecule has 2 aliphatic rings. The molecule has 0 aliphatic heterocycles. The zero-order chi connectivity index (χ0) is 42.6. The number of anilines is 3. The minimum atomic E-state index is -0.470. The molecule has 0 fully saturated rings. The van der Waals surface area contributed by atoms with Crippen molar-refractivity contribution in [3.63, 3.8) is 0 Å². The Hall–Kier alpha value is -8.46. The van der Waals surface area contributed by atoms with E-state index in [4.69, 9.17) is 4.42 Å². The average molecular weight is 826 g/mol. The van der Waals surface area contributed by atoms with Crippen LogP contribution in [-0.4, -0.2) is 0 Å². The van der Waals surface area contributed by atoms with Gasteiger partial charge in [0.05, 0.1) is 16.8 Å². The highest BCUT2D eigenvalue weighted by Crippen LogP contribution is 2.65. The van der Waals surface area contributed by atoms with Crippen molar-refractivity contribution in [1.29, 1.82) is 0 Å². The normalized spacial score (nSPS) is 13.0. The number of hydrogen-bond donors (Lipinski definition) is 0. The van der Waals surface area contributed by atoms with Gasteiger partial charge in [-0.25, -0.2) is 0 Å². The Morgan fingerprint density at radius 1 is 0.308 bits per heavy atom. The standard InChI is InChI=1S/C63H39NO/c1-3-18-45-41(15-1)17-13-24-50(45)61-46-19-4-2-16-42(46)33-37-58(61)64(44-35-31-40(32-36-44)43-34-38-60-52(39-43)49-22-8-12-30-59(49)65-60)57-29-14-28-56-62(57)51-23-7-11-27-55(51)63(56)53-25-9-5-20-47(53)48-21-6-10-26-54(48)63/h1-39H. The van der Waals surface area contributed by atoms with Gasteiger partial charge in [-0.3, -0.25) is 0 Å². The quantitative estimate of drug-likeness (QED) is 0.172. The molecule has 0 saturated carbocycles. The molecule has 0 unspecified atom stereocenters. The summed E-state index contributed by atoms with van der Waals surface area (Å²) in [6, 6.07) is 87.3. The maximum Gasteiger partial charge on any atom is 0.135 e. The van der Waals surface area contributed by atoms with Crippen LogP contribution in [0.3, 0.4) is 0 Å². The van der Waals surface area contributed by atoms with E-state index in [-0.39, 0.29) is 0 Å². The molecule has 11 aromatic carbocycles. The highest BCUT2D eigenvalue weighted by molar-refractivity contribution is 6.13. The van der Waals surface area contributed by atoms with Gasteiger partial charge in [0.25, 0.3) is 0 Å². The fraction of sp³-hybridized carbons (Fsp3) is 0.0159. The van der Waals surface area contributed by atoms with E-state index >= 15 is 0 Å². The number of nitrogens with zero attached hydrogens (tertiary/aromatic N) is 1. The molecule has 0 N–H and O–H groups in total. The first-order valence-corrected chi connectivity index (χ1v) is 22.5. The summed E-state index contributed by atoms with van der Waals surface area (Å²) in [7, 11) is 0. The minimum Gasteiger partial charge on any atom is -0.456 e. The molecule has 12 aromatic rings. The van der Waals surface area contributed by atoms with Gasteiger partial charge in [0.2, 0.25) is 0 Å². The van der Waals surface area contributed by atoms with E-state index in [0.717, 1.165) is 50.1 Å². The molecule has 65 heavy (non-hydrogen) atoms. The van der Waals surface area contributed by atoms with Crippen LogP contribution in [0.15, 0.2) is 241 Å². The predicted molar refractivity (Wildman–Crippen MR) is 271 cm³/mol. The SMILES string of the molecule is c1ccc2c(c1)-c1ccccc1C21c2ccccc2-c2c(N(c3ccc(-c4ccc5oc6ccccc6c5c4)cc3)c3ccc4ccccc4c3-c3cccc4ccccc34)cccc21. The van der Waals surface area contributed by atoms with Gasteiger partial charge in [0.1, 0.15) is 11.2 Å². The third kappa shape index (κ3) is 5.05. The lowest BCUT2D eigenvalue weighted by atomic mass is 9.70. The first-order valence-electron chi connectivity index (χ1n) is 22.5. The van der Waals surface area contributed by atoms with Crippen molar-refractivity contribution >= 4 is 60.5 Å². The number of para-hydroxylation sites is 1. The topological polar surface area (TPSA) is 16.4 Å². The van der Waals surface area contributed by atoms with Crippen molar-refractivity contribution in [2.45, 2.75) is 5.41 Å². The summed E-state index contributed by atoms with van der Waals surface area (Å²) in [6.45, 7) is 0. The molecule has 1 aromatic heterocycles. The van der Waals surface area contributed by atoms with Gasteiger partial charge in [-0.15, -0.1) is 0 Å². The molecule has 2 aliphatic carbocycles. The largest absolute Gasteiger partial charge is 0.456 e. The second-order valence-electron chi connectivity index (χ2n) is 17.5. The van der Waals surface area contributed by atoms with Crippen LogP contribution >= 0.6 is 0 Å². The van der Waals surface area contributed by atoms with Crippen LogP contribution in [0.2, 0.25) is 0 Å². The maximum absolute atomic E-state index is 6.23. The van der Waals surface area contributed by atoms with Crippen molar-refractivity contribution < 1.29 is 4.42 Å². The molecule has 0 radical (unpaired) electrons. The zero-order valence-corrected chi connectivity index (χ0v) is 35.4. The van der Waals surface area contributed by atoms with E-state index in [1.165, 1.54) is 77.2 Å². The molecule has 2 heteroatoms. The van der Waals surface area contributed by atoms with Crippen LogP contribution in [0.5, 0.6) is 0 Å². The van der Waals surface area contributed by atoms with Gasteiger partial charge in [-0.1, -0.05) is 194 Å². The van der Waals surface area contributed by atoms with Crippen LogP contribution in [-0.2, 0) is 5.41 Å². The van der Waals surface area contributed by atoms with E-state index in [2.05, 4.69) is 229 Å². The molecular weight excluding hydrogens is 787 g/mol. The second kappa shape index (κ2) is 13.8. The lowest BCUT2D eigenvalue weighted by Crippen LogP contribution is -2.26. The second-order valence-corrected chi connectivity index (χ2v) is 17.5. The average Bonchev–Trinajstić information content (AvgIpc) is 4.01. The van der Waals surface area contributed by atoms with Crippen molar-refractivity contribution in [3.05, 3.63) is 259 Å². The van der Waals surface area contributed by atoms with Crippen molar-refractivity contribution in [2.75, 3.05) is 4.90 Å². The van der Waals surface area contributed by atoms with Gasteiger partial charge in [-0.2, -0.15) is 0 Å². The van der Waals surface area contributed by atoms with Crippen LogP contribution < -0.4 is 4.90 Å². The number of furan rings is 1. The van der Waals surface area contributed by atoms with Gasteiger partial charge in [-0.05, 0) is 120 Å². The maximum atomic E-state index is 6.23. The van der Waals surface area contributed by atoms with Gasteiger partial charge < -0.3 is 9.32 Å². The van der Waals surface area contributed by atoms with Crippen molar-refractivity contribution in [2.24, 2.45) is 0 Å². The fourth-order valence-corrected chi connectivity index (χ4v) is 11.6. The molecule has 1 heterocycles. The van der Waals surface area contributed by atoms with E-state index in [1.54, 1.807) is 0 Å². The molecule has 14 rings (SSSR count). The Labute approximate surface area is 376 Å². The van der Waals surface area contributed by atoms with Crippen LogP contribution in [0, 0.1) is 0 Å². The van der Waals surface area contributed by atoms with Gasteiger partial charge >= 0.3 is 0 Å². The van der Waals surface area contributed by atoms with Crippen molar-refractivity contribution in [1.82, 2.24) is 0 Å². The summed E-state index contributed by atoms with van der Waals surface area (Å²) in [6.07, 6.45) is 0. The highest BCUT2D eigenvalue weighted by Gasteiger charge is 2.52. The zero-order valence-electron chi connectivity index (χ0n) is 35.4. The van der Waals surface area contributed by atoms with Gasteiger partial charge in [0, 0.05) is 27.6 Å². The number of rotatable bonds is 5. The van der Waals surface area contributed by atoms with Crippen LogP contribution in [0.1, 0.15) is 22.3 Å². The molecule has 2 nitrogen and oxygen atoms in total. The third-order valence-electron chi connectivity index (χ3n) is 14.3. The first kappa shape index (κ1) is 36.1. The summed E-state index contributed by atoms with van der Waals surface area (Å²) in [5, 5.41) is 7.13. The van der Waals surface area contributed by atoms with Crippen LogP contribution in [0.4, 0.5) is 17.1 Å². The Morgan fingerprint density at radius 3 is 1.60 bits per heavy atom. The molecule has 302 valence electrons. The summed E-state index contributed by atoms with van der Waals surface area (Å²) < 4.78 is 6.23. The summed E-state index contributed by atoms with van der Waals surface area (Å²) in [4.78, 5) is 2.54. The molecular formula is C63H39NO. The lowest BCUT2D eigenvalue weighted by molar-refractivity contribution is 0.669. The highest BCUT2D eigenvalue weighted by atomic mass is 16.3. The molecule has 0 saturated heterocycles. The third-order valence-corrected chi connectivity index (χ3v) is 14.3. The van der Waals surface area contributed by atoms with E-state index in [1.807, 2.05) is 12.1 Å².